The fraction of sp³-hybridized carbons (Fsp3) is 0.167. The van der Waals surface area contributed by atoms with E-state index in [0.717, 1.165) is 12.5 Å². The molecule has 1 unspecified atom stereocenters. The van der Waals surface area contributed by atoms with E-state index in [9.17, 15) is 9.90 Å². The number of aliphatic hydroxyl groups is 1. The van der Waals surface area contributed by atoms with Gasteiger partial charge in [-0.05, 0) is 47.9 Å². The molecule has 120 valence electrons. The fourth-order valence-electron chi connectivity index (χ4n) is 1.89. The molecular weight excluding hydrogens is 296 g/mol. The smallest absolute Gasteiger partial charge is 0.358 e. The zero-order valence-corrected chi connectivity index (χ0v) is 12.7. The number of carbonyl (C=O) groups is 1. The van der Waals surface area contributed by atoms with Gasteiger partial charge in [0.2, 0.25) is 0 Å². The summed E-state index contributed by atoms with van der Waals surface area (Å²) in [5, 5.41) is 18.4. The Bertz CT molecular complexity index is 659. The van der Waals surface area contributed by atoms with Crippen LogP contribution >= 0.6 is 0 Å². The molecule has 2 rings (SSSR count). The number of aliphatic carboxylic acids is 1. The van der Waals surface area contributed by atoms with Crippen molar-refractivity contribution in [3.8, 4) is 11.5 Å². The molecule has 1 atom stereocenters. The SMILES string of the molecule is CCc1ccc(OC(O)Oc2ccc(/C=C/C(=O)O)cc2)cc1. The van der Waals surface area contributed by atoms with E-state index in [1.807, 2.05) is 12.1 Å². The van der Waals surface area contributed by atoms with E-state index in [2.05, 4.69) is 6.92 Å². The average Bonchev–Trinajstić information content (AvgIpc) is 2.55. The van der Waals surface area contributed by atoms with Gasteiger partial charge in [0.05, 0.1) is 0 Å². The number of aryl methyl sites for hydroxylation is 1. The Balaban J connectivity index is 1.91. The monoisotopic (exact) mass is 314 g/mol. The van der Waals surface area contributed by atoms with Crippen molar-refractivity contribution >= 4 is 12.0 Å². The molecule has 2 aromatic carbocycles. The molecule has 0 saturated carbocycles. The first-order chi connectivity index (χ1) is 11.1. The van der Waals surface area contributed by atoms with Crippen molar-refractivity contribution in [2.45, 2.75) is 19.8 Å². The summed E-state index contributed by atoms with van der Waals surface area (Å²) in [5.41, 5.74) is 1.89. The molecule has 0 spiro atoms. The van der Waals surface area contributed by atoms with Crippen LogP contribution in [-0.4, -0.2) is 22.7 Å². The van der Waals surface area contributed by atoms with Crippen LogP contribution in [-0.2, 0) is 11.2 Å². The Kier molecular flexibility index (Phi) is 5.77. The maximum Gasteiger partial charge on any atom is 0.358 e. The van der Waals surface area contributed by atoms with Crippen molar-refractivity contribution in [2.75, 3.05) is 0 Å². The lowest BCUT2D eigenvalue weighted by Gasteiger charge is -2.15. The highest BCUT2D eigenvalue weighted by Crippen LogP contribution is 2.17. The Morgan fingerprint density at radius 2 is 1.57 bits per heavy atom. The van der Waals surface area contributed by atoms with Gasteiger partial charge >= 0.3 is 12.4 Å². The van der Waals surface area contributed by atoms with Gasteiger partial charge in [-0.15, -0.1) is 0 Å². The standard InChI is InChI=1S/C18H18O5/c1-2-13-3-8-15(9-4-13)22-18(21)23-16-10-5-14(6-11-16)7-12-17(19)20/h3-12,18,21H,2H2,1H3,(H,19,20)/b12-7+. The van der Waals surface area contributed by atoms with Gasteiger partial charge in [-0.3, -0.25) is 0 Å². The maximum absolute atomic E-state index is 10.4. The second-order valence-electron chi connectivity index (χ2n) is 4.78. The van der Waals surface area contributed by atoms with E-state index >= 15 is 0 Å². The van der Waals surface area contributed by atoms with E-state index in [1.54, 1.807) is 36.4 Å². The number of aliphatic hydroxyl groups excluding tert-OH is 1. The first-order valence-corrected chi connectivity index (χ1v) is 7.18. The molecule has 0 amide bonds. The van der Waals surface area contributed by atoms with Crippen molar-refractivity contribution in [3.05, 3.63) is 65.7 Å². The average molecular weight is 314 g/mol. The highest BCUT2D eigenvalue weighted by Gasteiger charge is 2.07. The lowest BCUT2D eigenvalue weighted by molar-refractivity contribution is -0.160. The van der Waals surface area contributed by atoms with Crippen molar-refractivity contribution in [2.24, 2.45) is 0 Å². The van der Waals surface area contributed by atoms with Crippen molar-refractivity contribution < 1.29 is 24.5 Å². The Morgan fingerprint density at radius 1 is 1.04 bits per heavy atom. The van der Waals surface area contributed by atoms with Gasteiger partial charge in [0.1, 0.15) is 11.5 Å². The van der Waals surface area contributed by atoms with Crippen molar-refractivity contribution in [1.29, 1.82) is 0 Å². The molecular formula is C18H18O5. The molecule has 23 heavy (non-hydrogen) atoms. The van der Waals surface area contributed by atoms with E-state index < -0.39 is 12.4 Å². The Morgan fingerprint density at radius 3 is 2.04 bits per heavy atom. The molecule has 0 radical (unpaired) electrons. The van der Waals surface area contributed by atoms with Crippen LogP contribution in [0.4, 0.5) is 0 Å². The predicted molar refractivity (Wildman–Crippen MR) is 86.2 cm³/mol. The number of benzene rings is 2. The predicted octanol–water partition coefficient (Wildman–Crippen LogP) is 3.08. The van der Waals surface area contributed by atoms with Crippen molar-refractivity contribution in [1.82, 2.24) is 0 Å². The van der Waals surface area contributed by atoms with E-state index in [4.69, 9.17) is 14.6 Å². The summed E-state index contributed by atoms with van der Waals surface area (Å²) < 4.78 is 10.5. The van der Waals surface area contributed by atoms with Crippen LogP contribution in [0.15, 0.2) is 54.6 Å². The lowest BCUT2D eigenvalue weighted by Crippen LogP contribution is -2.22. The first kappa shape index (κ1) is 16.6. The van der Waals surface area contributed by atoms with Crippen LogP contribution in [0.25, 0.3) is 6.08 Å². The summed E-state index contributed by atoms with van der Waals surface area (Å²) in [6.45, 7) is 0.631. The molecule has 0 bridgehead atoms. The molecule has 0 aliphatic carbocycles. The molecule has 0 fully saturated rings. The molecule has 0 aliphatic rings. The third kappa shape index (κ3) is 5.48. The van der Waals surface area contributed by atoms with Crippen LogP contribution in [0, 0.1) is 0 Å². The van der Waals surface area contributed by atoms with E-state index in [1.165, 1.54) is 11.6 Å². The molecule has 0 aromatic heterocycles. The summed E-state index contributed by atoms with van der Waals surface area (Å²) in [4.78, 5) is 10.4. The second kappa shape index (κ2) is 8.00. The second-order valence-corrected chi connectivity index (χ2v) is 4.78. The first-order valence-electron chi connectivity index (χ1n) is 7.18. The summed E-state index contributed by atoms with van der Waals surface area (Å²) in [7, 11) is 0. The molecule has 0 saturated heterocycles. The molecule has 5 heteroatoms. The molecule has 2 N–H and O–H groups in total. The zero-order valence-electron chi connectivity index (χ0n) is 12.7. The quantitative estimate of drug-likeness (QED) is 0.607. The summed E-state index contributed by atoms with van der Waals surface area (Å²) in [6.07, 6.45) is 3.45. The minimum absolute atomic E-state index is 0.412. The number of carboxylic acids is 1. The lowest BCUT2D eigenvalue weighted by atomic mass is 10.2. The number of carboxylic acid groups (broad SMARTS) is 1. The number of rotatable bonds is 7. The molecule has 2 aromatic rings. The Hall–Kier alpha value is -2.79. The zero-order chi connectivity index (χ0) is 16.7. The third-order valence-electron chi connectivity index (χ3n) is 3.10. The van der Waals surface area contributed by atoms with Gasteiger partial charge in [-0.25, -0.2) is 4.79 Å². The van der Waals surface area contributed by atoms with Crippen LogP contribution in [0.2, 0.25) is 0 Å². The van der Waals surface area contributed by atoms with Gasteiger partial charge in [-0.2, -0.15) is 0 Å². The Labute approximate surface area is 134 Å². The van der Waals surface area contributed by atoms with E-state index in [-0.39, 0.29) is 0 Å². The summed E-state index contributed by atoms with van der Waals surface area (Å²) in [5.74, 6) is -0.0888. The van der Waals surface area contributed by atoms with Gasteiger partial charge < -0.3 is 19.7 Å². The number of ether oxygens (including phenoxy) is 2. The highest BCUT2D eigenvalue weighted by atomic mass is 16.8. The van der Waals surface area contributed by atoms with Crippen molar-refractivity contribution in [3.63, 3.8) is 0 Å². The van der Waals surface area contributed by atoms with Crippen LogP contribution < -0.4 is 9.47 Å². The van der Waals surface area contributed by atoms with Gasteiger partial charge in [-0.1, -0.05) is 31.2 Å². The summed E-state index contributed by atoms with van der Waals surface area (Å²) >= 11 is 0. The normalized spacial score (nSPS) is 12.1. The number of hydrogen-bond donors (Lipinski definition) is 2. The maximum atomic E-state index is 10.4. The fourth-order valence-corrected chi connectivity index (χ4v) is 1.89. The number of hydrogen-bond acceptors (Lipinski definition) is 4. The van der Waals surface area contributed by atoms with Gasteiger partial charge in [0, 0.05) is 6.08 Å². The highest BCUT2D eigenvalue weighted by molar-refractivity contribution is 5.85. The molecule has 0 aliphatic heterocycles. The van der Waals surface area contributed by atoms with Crippen LogP contribution in [0.1, 0.15) is 18.1 Å². The minimum Gasteiger partial charge on any atom is -0.478 e. The van der Waals surface area contributed by atoms with Crippen LogP contribution in [0.3, 0.4) is 0 Å². The largest absolute Gasteiger partial charge is 0.478 e. The van der Waals surface area contributed by atoms with Gasteiger partial charge in [0.15, 0.2) is 0 Å². The topological polar surface area (TPSA) is 76.0 Å². The minimum atomic E-state index is -1.43. The van der Waals surface area contributed by atoms with Gasteiger partial charge in [0.25, 0.3) is 0 Å². The van der Waals surface area contributed by atoms with E-state index in [0.29, 0.717) is 17.1 Å². The van der Waals surface area contributed by atoms with Crippen LogP contribution in [0.5, 0.6) is 11.5 Å². The molecule has 5 nitrogen and oxygen atoms in total. The third-order valence-corrected chi connectivity index (χ3v) is 3.10. The summed E-state index contributed by atoms with van der Waals surface area (Å²) in [6, 6.07) is 14.0. The molecule has 0 heterocycles.